The van der Waals surface area contributed by atoms with E-state index in [1.807, 2.05) is 0 Å². The highest BCUT2D eigenvalue weighted by molar-refractivity contribution is 4.79. The predicted molar refractivity (Wildman–Crippen MR) is 53.2 cm³/mol. The number of hydrogen-bond acceptors (Lipinski definition) is 3. The maximum absolute atomic E-state index is 9.00. The lowest BCUT2D eigenvalue weighted by molar-refractivity contribution is 0.181. The fourth-order valence-corrected chi connectivity index (χ4v) is 1.17. The molecule has 0 rings (SSSR count). The van der Waals surface area contributed by atoms with Gasteiger partial charge in [-0.3, -0.25) is 0 Å². The summed E-state index contributed by atoms with van der Waals surface area (Å²) in [6.07, 6.45) is 3.15. The highest BCUT2D eigenvalue weighted by Crippen LogP contribution is 1.98. The third kappa shape index (κ3) is 7.76. The van der Waals surface area contributed by atoms with E-state index in [9.17, 15) is 0 Å². The summed E-state index contributed by atoms with van der Waals surface area (Å²) in [5.41, 5.74) is 0. The predicted octanol–water partition coefficient (Wildman–Crippen LogP) is 1.43. The van der Waals surface area contributed by atoms with E-state index in [0.29, 0.717) is 12.5 Å². The van der Waals surface area contributed by atoms with Crippen LogP contribution in [0.3, 0.4) is 0 Å². The van der Waals surface area contributed by atoms with Gasteiger partial charge in [-0.25, -0.2) is 0 Å². The Labute approximate surface area is 80.8 Å². The standard InChI is InChI=1S/C10H20N2O/c1-3-10(6-7-11)12-8-4-5-9(2)13/h9-10,12-13H,3-6,8H2,1-2H3. The average molecular weight is 184 g/mol. The molecular formula is C10H20N2O. The van der Waals surface area contributed by atoms with Gasteiger partial charge in [0.2, 0.25) is 0 Å². The molecule has 0 saturated heterocycles. The Balaban J connectivity index is 3.34. The molecule has 3 heteroatoms. The van der Waals surface area contributed by atoms with Gasteiger partial charge in [-0.2, -0.15) is 5.26 Å². The van der Waals surface area contributed by atoms with E-state index in [1.165, 1.54) is 0 Å². The maximum Gasteiger partial charge on any atom is 0.0638 e. The Hall–Kier alpha value is -0.590. The van der Waals surface area contributed by atoms with Crippen molar-refractivity contribution in [1.29, 1.82) is 5.26 Å². The monoisotopic (exact) mass is 184 g/mol. The van der Waals surface area contributed by atoms with Gasteiger partial charge in [0.25, 0.3) is 0 Å². The Kier molecular flexibility index (Phi) is 7.66. The zero-order chi connectivity index (χ0) is 10.1. The summed E-state index contributed by atoms with van der Waals surface area (Å²) in [6.45, 7) is 4.77. The SMILES string of the molecule is CCC(CC#N)NCCCC(C)O. The van der Waals surface area contributed by atoms with Crippen molar-refractivity contribution in [2.45, 2.75) is 51.7 Å². The van der Waals surface area contributed by atoms with Crippen LogP contribution in [0.15, 0.2) is 0 Å². The van der Waals surface area contributed by atoms with Gasteiger partial charge < -0.3 is 10.4 Å². The van der Waals surface area contributed by atoms with Crippen molar-refractivity contribution in [2.75, 3.05) is 6.54 Å². The molecule has 0 fully saturated rings. The van der Waals surface area contributed by atoms with Gasteiger partial charge in [0.05, 0.1) is 18.6 Å². The van der Waals surface area contributed by atoms with Crippen LogP contribution in [0, 0.1) is 11.3 Å². The number of rotatable bonds is 7. The Morgan fingerprint density at radius 1 is 1.54 bits per heavy atom. The highest BCUT2D eigenvalue weighted by Gasteiger charge is 2.03. The minimum absolute atomic E-state index is 0.210. The van der Waals surface area contributed by atoms with E-state index in [0.717, 1.165) is 25.8 Å². The van der Waals surface area contributed by atoms with Crippen LogP contribution >= 0.6 is 0 Å². The number of nitriles is 1. The average Bonchev–Trinajstić information content (AvgIpc) is 2.10. The number of hydrogen-bond donors (Lipinski definition) is 2. The smallest absolute Gasteiger partial charge is 0.0638 e. The molecule has 3 nitrogen and oxygen atoms in total. The van der Waals surface area contributed by atoms with Crippen LogP contribution in [0.1, 0.15) is 39.5 Å². The molecule has 0 bridgehead atoms. The van der Waals surface area contributed by atoms with Crippen molar-refractivity contribution in [1.82, 2.24) is 5.32 Å². The minimum Gasteiger partial charge on any atom is -0.393 e. The molecule has 0 aromatic carbocycles. The topological polar surface area (TPSA) is 56.0 Å². The van der Waals surface area contributed by atoms with E-state index in [2.05, 4.69) is 18.3 Å². The number of nitrogens with zero attached hydrogens (tertiary/aromatic N) is 1. The van der Waals surface area contributed by atoms with Crippen LogP contribution in [0.4, 0.5) is 0 Å². The number of aliphatic hydroxyl groups is 1. The van der Waals surface area contributed by atoms with Gasteiger partial charge in [-0.1, -0.05) is 6.92 Å². The van der Waals surface area contributed by atoms with E-state index in [-0.39, 0.29) is 6.10 Å². The number of aliphatic hydroxyl groups excluding tert-OH is 1. The largest absolute Gasteiger partial charge is 0.393 e. The van der Waals surface area contributed by atoms with Crippen LogP contribution in [-0.2, 0) is 0 Å². The minimum atomic E-state index is -0.210. The third-order valence-corrected chi connectivity index (χ3v) is 2.06. The molecule has 0 aromatic heterocycles. The third-order valence-electron chi connectivity index (χ3n) is 2.06. The molecule has 0 heterocycles. The summed E-state index contributed by atoms with van der Waals surface area (Å²) in [5, 5.41) is 20.8. The van der Waals surface area contributed by atoms with Crippen molar-refractivity contribution in [3.8, 4) is 6.07 Å². The summed E-state index contributed by atoms with van der Waals surface area (Å²) in [5.74, 6) is 0. The van der Waals surface area contributed by atoms with Crippen molar-refractivity contribution in [3.05, 3.63) is 0 Å². The zero-order valence-corrected chi connectivity index (χ0v) is 8.58. The second-order valence-corrected chi connectivity index (χ2v) is 3.41. The van der Waals surface area contributed by atoms with Crippen molar-refractivity contribution >= 4 is 0 Å². The molecule has 0 radical (unpaired) electrons. The molecule has 0 saturated carbocycles. The maximum atomic E-state index is 9.00. The van der Waals surface area contributed by atoms with E-state index in [4.69, 9.17) is 10.4 Å². The van der Waals surface area contributed by atoms with Gasteiger partial charge in [0.1, 0.15) is 0 Å². The van der Waals surface area contributed by atoms with Crippen molar-refractivity contribution < 1.29 is 5.11 Å². The van der Waals surface area contributed by atoms with Crippen LogP contribution in [0.2, 0.25) is 0 Å². The first-order chi connectivity index (χ1) is 6.20. The first-order valence-electron chi connectivity index (χ1n) is 4.99. The molecule has 2 N–H and O–H groups in total. The van der Waals surface area contributed by atoms with E-state index < -0.39 is 0 Å². The zero-order valence-electron chi connectivity index (χ0n) is 8.58. The lowest BCUT2D eigenvalue weighted by atomic mass is 10.1. The molecule has 13 heavy (non-hydrogen) atoms. The van der Waals surface area contributed by atoms with Gasteiger partial charge in [0, 0.05) is 6.04 Å². The first-order valence-corrected chi connectivity index (χ1v) is 4.99. The lowest BCUT2D eigenvalue weighted by Gasteiger charge is -2.13. The fourth-order valence-electron chi connectivity index (χ4n) is 1.17. The Morgan fingerprint density at radius 3 is 2.69 bits per heavy atom. The van der Waals surface area contributed by atoms with Gasteiger partial charge in [-0.05, 0) is 32.7 Å². The first kappa shape index (κ1) is 12.4. The van der Waals surface area contributed by atoms with Crippen molar-refractivity contribution in [3.63, 3.8) is 0 Å². The van der Waals surface area contributed by atoms with Crippen molar-refractivity contribution in [2.24, 2.45) is 0 Å². The summed E-state index contributed by atoms with van der Waals surface area (Å²) in [7, 11) is 0. The molecule has 0 amide bonds. The lowest BCUT2D eigenvalue weighted by Crippen LogP contribution is -2.29. The molecule has 76 valence electrons. The second-order valence-electron chi connectivity index (χ2n) is 3.41. The number of nitrogens with one attached hydrogen (secondary N) is 1. The quantitative estimate of drug-likeness (QED) is 0.588. The van der Waals surface area contributed by atoms with Gasteiger partial charge >= 0.3 is 0 Å². The Bertz CT molecular complexity index is 151. The van der Waals surface area contributed by atoms with Crippen LogP contribution in [-0.4, -0.2) is 23.8 Å². The van der Waals surface area contributed by atoms with Gasteiger partial charge in [-0.15, -0.1) is 0 Å². The fraction of sp³-hybridized carbons (Fsp3) is 0.900. The summed E-state index contributed by atoms with van der Waals surface area (Å²) >= 11 is 0. The van der Waals surface area contributed by atoms with E-state index >= 15 is 0 Å². The van der Waals surface area contributed by atoms with Crippen LogP contribution < -0.4 is 5.32 Å². The molecular weight excluding hydrogens is 164 g/mol. The molecule has 2 atom stereocenters. The Morgan fingerprint density at radius 2 is 2.23 bits per heavy atom. The highest BCUT2D eigenvalue weighted by atomic mass is 16.3. The van der Waals surface area contributed by atoms with Crippen LogP contribution in [0.5, 0.6) is 0 Å². The summed E-state index contributed by atoms with van der Waals surface area (Å²) in [6, 6.07) is 2.48. The van der Waals surface area contributed by atoms with Gasteiger partial charge in [0.15, 0.2) is 0 Å². The molecule has 0 aliphatic rings. The summed E-state index contributed by atoms with van der Waals surface area (Å²) in [4.78, 5) is 0. The summed E-state index contributed by atoms with van der Waals surface area (Å²) < 4.78 is 0. The molecule has 0 aromatic rings. The molecule has 2 unspecified atom stereocenters. The normalized spacial score (nSPS) is 14.9. The second kappa shape index (κ2) is 8.03. The van der Waals surface area contributed by atoms with Crippen LogP contribution in [0.25, 0.3) is 0 Å². The molecule has 0 spiro atoms. The van der Waals surface area contributed by atoms with E-state index in [1.54, 1.807) is 6.92 Å². The molecule has 0 aliphatic heterocycles. The molecule has 0 aliphatic carbocycles.